The number of anilines is 2. The molecular formula is C54H56F3N7O9S2. The van der Waals surface area contributed by atoms with Crippen LogP contribution in [-0.2, 0) is 43.1 Å². The summed E-state index contributed by atoms with van der Waals surface area (Å²) in [4.78, 5) is 66.1. The van der Waals surface area contributed by atoms with E-state index in [0.717, 1.165) is 38.7 Å². The van der Waals surface area contributed by atoms with Gasteiger partial charge >= 0.3 is 6.18 Å². The summed E-state index contributed by atoms with van der Waals surface area (Å²) in [6.07, 6.45) is -5.67. The third kappa shape index (κ3) is 11.6. The average Bonchev–Trinajstić information content (AvgIpc) is 4.14. The Hall–Kier alpha value is -6.96. The number of hydrogen-bond donors (Lipinski definition) is 2. The highest BCUT2D eigenvalue weighted by atomic mass is 32.1. The van der Waals surface area contributed by atoms with Gasteiger partial charge in [0.2, 0.25) is 11.8 Å². The van der Waals surface area contributed by atoms with Gasteiger partial charge in [-0.15, -0.1) is 11.3 Å². The van der Waals surface area contributed by atoms with Crippen LogP contribution in [0.15, 0.2) is 90.4 Å². The molecule has 5 aromatic rings. The zero-order valence-corrected chi connectivity index (χ0v) is 43.5. The maximum Gasteiger partial charge on any atom is 0.417 e. The lowest BCUT2D eigenvalue weighted by Crippen LogP contribution is -2.55. The van der Waals surface area contributed by atoms with Gasteiger partial charge in [0.1, 0.15) is 42.3 Å². The van der Waals surface area contributed by atoms with Gasteiger partial charge in [0.25, 0.3) is 11.8 Å². The molecule has 0 aliphatic carbocycles. The number of rotatable bonds is 20. The van der Waals surface area contributed by atoms with E-state index in [4.69, 9.17) is 31.2 Å². The van der Waals surface area contributed by atoms with Crippen LogP contribution < -0.4 is 24.6 Å². The normalized spacial score (nSPS) is 17.7. The number of benzene rings is 4. The second-order valence-electron chi connectivity index (χ2n) is 19.1. The maximum atomic E-state index is 14.3. The number of aryl methyl sites for hydroxylation is 1. The molecule has 2 N–H and O–H groups in total. The van der Waals surface area contributed by atoms with E-state index in [2.05, 4.69) is 10.3 Å². The number of carbonyl (C=O) groups is 4. The van der Waals surface area contributed by atoms with Crippen LogP contribution in [0.25, 0.3) is 10.4 Å². The van der Waals surface area contributed by atoms with Crippen LogP contribution in [-0.4, -0.2) is 119 Å². The molecule has 0 bridgehead atoms. The molecule has 2 saturated heterocycles. The van der Waals surface area contributed by atoms with Gasteiger partial charge in [-0.25, -0.2) is 4.98 Å². The molecule has 3 aliphatic rings. The van der Waals surface area contributed by atoms with Gasteiger partial charge in [-0.1, -0.05) is 44.2 Å². The van der Waals surface area contributed by atoms with Crippen LogP contribution in [0.3, 0.4) is 0 Å². The lowest BCUT2D eigenvalue weighted by Gasteiger charge is -2.35. The monoisotopic (exact) mass is 1070 g/mol. The van der Waals surface area contributed by atoms with Crippen LogP contribution in [0.4, 0.5) is 24.5 Å². The number of likely N-dealkylation sites (tertiary alicyclic amines) is 1. The van der Waals surface area contributed by atoms with Crippen molar-refractivity contribution in [1.29, 1.82) is 5.26 Å². The summed E-state index contributed by atoms with van der Waals surface area (Å²) in [5.41, 5.74) is 3.04. The molecule has 2 fully saturated rings. The number of aromatic nitrogens is 1. The molecule has 2 unspecified atom stereocenters. The number of aliphatic hydroxyl groups excluding tert-OH is 1. The zero-order chi connectivity index (χ0) is 53.8. The standard InChI is InChI=1S/C54H56F3N7O9S2/c1-32(2)46(62-29-37-8-6-7-9-42(37)49(62)67)50(68)61-30-40(65)26-44(61)48(66)59-28-36-11-10-34(47-33(3)60-31-75-47)24-45(36)73-23-21-71-19-18-70-20-22-72-41-16-14-38(15-17-41)64-52(74)63(51(69)53(64,4)5)39-13-12-35(27-58)43(25-39)54(55,56)57/h6-17,24-25,31-32,40,44,46,65H,18-23,26,28-30H2,1-5H3,(H,59,66)/t40?,44?,46-/m0/s1. The summed E-state index contributed by atoms with van der Waals surface area (Å²) < 4.78 is 64.9. The van der Waals surface area contributed by atoms with Crippen LogP contribution in [0.1, 0.15) is 72.4 Å². The van der Waals surface area contributed by atoms with Crippen molar-refractivity contribution in [3.05, 3.63) is 124 Å². The molecule has 3 atom stereocenters. The topological polar surface area (TPSA) is 187 Å². The molecule has 0 radical (unpaired) electrons. The highest BCUT2D eigenvalue weighted by Crippen LogP contribution is 2.40. The number of hydrogen-bond acceptors (Lipinski definition) is 13. The van der Waals surface area contributed by atoms with E-state index in [1.165, 1.54) is 22.3 Å². The van der Waals surface area contributed by atoms with Gasteiger partial charge < -0.3 is 44.1 Å². The average molecular weight is 1070 g/mol. The zero-order valence-electron chi connectivity index (χ0n) is 41.9. The Morgan fingerprint density at radius 2 is 1.63 bits per heavy atom. The number of β-amino-alcohol motifs (C(OH)–C–C–N with tert-alkyl or cyclic N) is 1. The number of alkyl halides is 3. The highest BCUT2D eigenvalue weighted by Gasteiger charge is 2.51. The van der Waals surface area contributed by atoms with Crippen molar-refractivity contribution in [2.45, 2.75) is 84.0 Å². The highest BCUT2D eigenvalue weighted by molar-refractivity contribution is 7.81. The summed E-state index contributed by atoms with van der Waals surface area (Å²) in [7, 11) is 0. The molecule has 16 nitrogen and oxygen atoms in total. The number of nitrogens with zero attached hydrogens (tertiary/aromatic N) is 6. The summed E-state index contributed by atoms with van der Waals surface area (Å²) in [5.74, 6) is -0.821. The lowest BCUT2D eigenvalue weighted by atomic mass is 10.0. The molecule has 4 heterocycles. The molecule has 75 heavy (non-hydrogen) atoms. The SMILES string of the molecule is Cc1ncsc1-c1ccc(CNC(=O)C2CC(O)CN2C(=O)[C@H](C(C)C)N2Cc3ccccc3C2=O)c(OCCOCCOCCOc2ccc(N3C(=S)N(c4ccc(C#N)c(C(F)(F)F)c4)C(=O)C3(C)C)cc2)c1. The number of nitriles is 1. The first kappa shape index (κ1) is 54.3. The largest absolute Gasteiger partial charge is 0.491 e. The van der Waals surface area contributed by atoms with E-state index < -0.39 is 52.8 Å². The Labute approximate surface area is 441 Å². The van der Waals surface area contributed by atoms with Gasteiger partial charge in [0.15, 0.2) is 5.11 Å². The summed E-state index contributed by atoms with van der Waals surface area (Å²) in [5, 5.41) is 22.9. The fourth-order valence-corrected chi connectivity index (χ4v) is 10.8. The van der Waals surface area contributed by atoms with Crippen LogP contribution in [0, 0.1) is 24.2 Å². The number of fused-ring (bicyclic) bond motifs is 1. The minimum atomic E-state index is -4.81. The summed E-state index contributed by atoms with van der Waals surface area (Å²) in [6.45, 7) is 10.6. The molecule has 4 aromatic carbocycles. The van der Waals surface area contributed by atoms with Gasteiger partial charge in [-0.3, -0.25) is 24.1 Å². The molecule has 4 amide bonds. The number of thiocarbonyl (C=S) groups is 1. The van der Waals surface area contributed by atoms with Crippen molar-refractivity contribution >= 4 is 63.7 Å². The van der Waals surface area contributed by atoms with Crippen molar-refractivity contribution < 1.29 is 56.4 Å². The molecule has 394 valence electrons. The maximum absolute atomic E-state index is 14.3. The predicted octanol–water partition coefficient (Wildman–Crippen LogP) is 7.68. The van der Waals surface area contributed by atoms with Gasteiger partial charge in [0.05, 0.1) is 71.5 Å². The molecular weight excluding hydrogens is 1010 g/mol. The molecule has 0 spiro atoms. The van der Waals surface area contributed by atoms with Crippen LogP contribution in [0.5, 0.6) is 11.5 Å². The van der Waals surface area contributed by atoms with Crippen molar-refractivity contribution in [2.75, 3.05) is 56.0 Å². The fourth-order valence-electron chi connectivity index (χ4n) is 9.51. The van der Waals surface area contributed by atoms with E-state index >= 15 is 0 Å². The third-order valence-corrected chi connectivity index (χ3v) is 14.6. The van der Waals surface area contributed by atoms with E-state index in [0.29, 0.717) is 28.3 Å². The van der Waals surface area contributed by atoms with Crippen molar-refractivity contribution in [3.8, 4) is 28.0 Å². The lowest BCUT2D eigenvalue weighted by molar-refractivity contribution is -0.143. The number of nitrogens with one attached hydrogen (secondary N) is 1. The molecule has 0 saturated carbocycles. The first-order valence-corrected chi connectivity index (χ1v) is 25.6. The summed E-state index contributed by atoms with van der Waals surface area (Å²) in [6, 6.07) is 22.5. The van der Waals surface area contributed by atoms with Crippen LogP contribution >= 0.6 is 23.6 Å². The fraction of sp³-hybridized carbons (Fsp3) is 0.389. The Kier molecular flexibility index (Phi) is 16.6. The molecule has 21 heteroatoms. The van der Waals surface area contributed by atoms with E-state index in [-0.39, 0.29) is 94.2 Å². The van der Waals surface area contributed by atoms with Crippen molar-refractivity contribution in [1.82, 2.24) is 20.1 Å². The van der Waals surface area contributed by atoms with Gasteiger partial charge in [0, 0.05) is 42.9 Å². The number of ether oxygens (including phenoxy) is 4. The molecule has 1 aromatic heterocycles. The van der Waals surface area contributed by atoms with Gasteiger partial charge in [-0.05, 0) is 105 Å². The van der Waals surface area contributed by atoms with E-state index in [9.17, 15) is 42.7 Å². The molecule has 8 rings (SSSR count). The number of aliphatic hydroxyl groups is 1. The molecule has 3 aliphatic heterocycles. The Balaban J connectivity index is 0.797. The predicted molar refractivity (Wildman–Crippen MR) is 277 cm³/mol. The number of thiazole rings is 1. The summed E-state index contributed by atoms with van der Waals surface area (Å²) >= 11 is 7.13. The first-order valence-electron chi connectivity index (χ1n) is 24.3. The third-order valence-electron chi connectivity index (χ3n) is 13.3. The quantitative estimate of drug-likeness (QED) is 0.0572. The van der Waals surface area contributed by atoms with E-state index in [1.54, 1.807) is 71.6 Å². The second-order valence-corrected chi connectivity index (χ2v) is 20.3. The number of amides is 4. The number of carbonyl (C=O) groups excluding carboxylic acids is 4. The van der Waals surface area contributed by atoms with Gasteiger partial charge in [-0.2, -0.15) is 18.4 Å². The minimum absolute atomic E-state index is 0.0206. The smallest absolute Gasteiger partial charge is 0.417 e. The Morgan fingerprint density at radius 1 is 0.947 bits per heavy atom. The second kappa shape index (κ2) is 22.9. The van der Waals surface area contributed by atoms with Crippen molar-refractivity contribution in [2.24, 2.45) is 5.92 Å². The minimum Gasteiger partial charge on any atom is -0.491 e. The van der Waals surface area contributed by atoms with E-state index in [1.807, 2.05) is 51.1 Å². The van der Waals surface area contributed by atoms with Crippen molar-refractivity contribution in [3.63, 3.8) is 0 Å². The Morgan fingerprint density at radius 3 is 2.28 bits per heavy atom. The first-order chi connectivity index (χ1) is 35.8. The number of halogens is 3. The van der Waals surface area contributed by atoms with Crippen LogP contribution in [0.2, 0.25) is 0 Å². The Bertz CT molecular complexity index is 3000.